The lowest BCUT2D eigenvalue weighted by Gasteiger charge is -2.44. The van der Waals surface area contributed by atoms with E-state index in [0.29, 0.717) is 4.88 Å². The summed E-state index contributed by atoms with van der Waals surface area (Å²) in [6.45, 7) is 7.38. The molecule has 1 saturated carbocycles. The molecular formula is C20H24F2N4O3S. The Morgan fingerprint density at radius 2 is 1.93 bits per heavy atom. The third kappa shape index (κ3) is 4.34. The Morgan fingerprint density at radius 1 is 1.30 bits per heavy atom. The fraction of sp³-hybridized carbons (Fsp3) is 0.500. The minimum absolute atomic E-state index is 0.0183. The fourth-order valence-electron chi connectivity index (χ4n) is 3.24. The summed E-state index contributed by atoms with van der Waals surface area (Å²) < 4.78 is 32.5. The molecule has 2 atom stereocenters. The van der Waals surface area contributed by atoms with Crippen LogP contribution in [0.3, 0.4) is 0 Å². The molecule has 0 aliphatic heterocycles. The smallest absolute Gasteiger partial charge is 0.271 e. The average molecular weight is 439 g/mol. The third-order valence-corrected chi connectivity index (χ3v) is 6.40. The van der Waals surface area contributed by atoms with Crippen LogP contribution in [0.15, 0.2) is 12.1 Å². The maximum absolute atomic E-state index is 13.7. The molecule has 0 bridgehead atoms. The number of ether oxygens (including phenoxy) is 1. The van der Waals surface area contributed by atoms with Gasteiger partial charge in [-0.1, -0.05) is 13.8 Å². The van der Waals surface area contributed by atoms with Crippen molar-refractivity contribution in [3.8, 4) is 0 Å². The van der Waals surface area contributed by atoms with Crippen LogP contribution >= 0.6 is 11.3 Å². The lowest BCUT2D eigenvalue weighted by molar-refractivity contribution is -0.126. The number of amides is 2. The molecular weight excluding hydrogens is 414 g/mol. The van der Waals surface area contributed by atoms with E-state index in [4.69, 9.17) is 4.74 Å². The Bertz CT molecular complexity index is 959. The Labute approximate surface area is 177 Å². The number of nitrogens with one attached hydrogen (secondary N) is 1. The summed E-state index contributed by atoms with van der Waals surface area (Å²) in [5.41, 5.74) is 0.107. The van der Waals surface area contributed by atoms with E-state index < -0.39 is 23.9 Å². The lowest BCUT2D eigenvalue weighted by atomic mass is 9.67. The van der Waals surface area contributed by atoms with E-state index in [1.54, 1.807) is 6.92 Å². The van der Waals surface area contributed by atoms with Crippen molar-refractivity contribution in [2.45, 2.75) is 52.7 Å². The lowest BCUT2D eigenvalue weighted by Crippen LogP contribution is -2.52. The van der Waals surface area contributed by atoms with E-state index in [2.05, 4.69) is 29.1 Å². The molecule has 30 heavy (non-hydrogen) atoms. The first-order valence-corrected chi connectivity index (χ1v) is 10.3. The molecule has 1 aliphatic carbocycles. The molecule has 2 unspecified atom stereocenters. The van der Waals surface area contributed by atoms with Gasteiger partial charge in [-0.05, 0) is 32.1 Å². The van der Waals surface area contributed by atoms with E-state index in [9.17, 15) is 18.4 Å². The summed E-state index contributed by atoms with van der Waals surface area (Å²) in [7, 11) is 1.35. The van der Waals surface area contributed by atoms with Crippen molar-refractivity contribution in [2.75, 3.05) is 12.0 Å². The SMILES string of the molecule is COC(C)C(=O)N(c1cc(F)nc(F)c1)c1nc(C(=O)NC2CCC2(C)C)c(C)s1. The molecule has 0 radical (unpaired) electrons. The highest BCUT2D eigenvalue weighted by molar-refractivity contribution is 7.16. The quantitative estimate of drug-likeness (QED) is 0.695. The van der Waals surface area contributed by atoms with Crippen molar-refractivity contribution >= 4 is 34.0 Å². The molecule has 162 valence electrons. The molecule has 2 amide bonds. The average Bonchev–Trinajstić information content (AvgIpc) is 3.05. The normalized spacial score (nSPS) is 18.4. The molecule has 0 aromatic carbocycles. The summed E-state index contributed by atoms with van der Waals surface area (Å²) >= 11 is 1.08. The van der Waals surface area contributed by atoms with Crippen molar-refractivity contribution in [1.82, 2.24) is 15.3 Å². The number of carbonyl (C=O) groups is 2. The van der Waals surface area contributed by atoms with Crippen LogP contribution in [-0.4, -0.2) is 41.0 Å². The van der Waals surface area contributed by atoms with Gasteiger partial charge in [0.1, 0.15) is 11.8 Å². The Hall–Kier alpha value is -2.46. The number of pyridine rings is 1. The predicted molar refractivity (Wildman–Crippen MR) is 109 cm³/mol. The van der Waals surface area contributed by atoms with Crippen molar-refractivity contribution in [2.24, 2.45) is 5.41 Å². The Morgan fingerprint density at radius 3 is 2.43 bits per heavy atom. The van der Waals surface area contributed by atoms with E-state index in [1.807, 2.05) is 0 Å². The molecule has 2 heterocycles. The van der Waals surface area contributed by atoms with Gasteiger partial charge < -0.3 is 10.1 Å². The second kappa shape index (κ2) is 8.35. The zero-order valence-electron chi connectivity index (χ0n) is 17.5. The molecule has 0 saturated heterocycles. The van der Waals surface area contributed by atoms with Crippen LogP contribution in [0.5, 0.6) is 0 Å². The molecule has 7 nitrogen and oxygen atoms in total. The van der Waals surface area contributed by atoms with Crippen LogP contribution < -0.4 is 10.2 Å². The van der Waals surface area contributed by atoms with Gasteiger partial charge in [0.2, 0.25) is 11.9 Å². The van der Waals surface area contributed by atoms with Gasteiger partial charge in [-0.15, -0.1) is 11.3 Å². The summed E-state index contributed by atoms with van der Waals surface area (Å²) in [5, 5.41) is 3.10. The number of carbonyl (C=O) groups excluding carboxylic acids is 2. The van der Waals surface area contributed by atoms with Crippen molar-refractivity contribution in [1.29, 1.82) is 0 Å². The number of hydrogen-bond acceptors (Lipinski definition) is 6. The predicted octanol–water partition coefficient (Wildman–Crippen LogP) is 3.74. The van der Waals surface area contributed by atoms with Crippen LogP contribution in [0.2, 0.25) is 0 Å². The first-order chi connectivity index (χ1) is 14.0. The van der Waals surface area contributed by atoms with Crippen molar-refractivity contribution < 1.29 is 23.1 Å². The van der Waals surface area contributed by atoms with Crippen LogP contribution in [0.25, 0.3) is 0 Å². The second-order valence-corrected chi connectivity index (χ2v) is 9.16. The minimum Gasteiger partial charge on any atom is -0.372 e. The van der Waals surface area contributed by atoms with Crippen LogP contribution in [0.4, 0.5) is 19.6 Å². The summed E-state index contributed by atoms with van der Waals surface area (Å²) in [6, 6.07) is 1.90. The van der Waals surface area contributed by atoms with E-state index >= 15 is 0 Å². The standard InChI is InChI=1S/C20H24F2N4O3S/c1-10(29-5)18(28)26(12-8-14(21)24-15(22)9-12)19-25-16(11(2)30-19)17(27)23-13-6-7-20(13,3)4/h8-10,13H,6-7H2,1-5H3,(H,23,27). The monoisotopic (exact) mass is 438 g/mol. The van der Waals surface area contributed by atoms with Crippen molar-refractivity contribution in [3.63, 3.8) is 0 Å². The van der Waals surface area contributed by atoms with Crippen LogP contribution in [0, 0.1) is 24.2 Å². The number of aryl methyl sites for hydroxylation is 1. The van der Waals surface area contributed by atoms with Gasteiger partial charge in [-0.3, -0.25) is 14.5 Å². The van der Waals surface area contributed by atoms with Crippen molar-refractivity contribution in [3.05, 3.63) is 34.6 Å². The van der Waals surface area contributed by atoms with Gasteiger partial charge in [0.25, 0.3) is 11.8 Å². The highest BCUT2D eigenvalue weighted by atomic mass is 32.1. The topological polar surface area (TPSA) is 84.4 Å². The maximum atomic E-state index is 13.7. The number of thiazole rings is 1. The maximum Gasteiger partial charge on any atom is 0.271 e. The summed E-state index contributed by atoms with van der Waals surface area (Å²) in [4.78, 5) is 34.7. The van der Waals surface area contributed by atoms with E-state index in [0.717, 1.165) is 41.2 Å². The number of methoxy groups -OCH3 is 1. The van der Waals surface area contributed by atoms with E-state index in [-0.39, 0.29) is 33.9 Å². The highest BCUT2D eigenvalue weighted by Crippen LogP contribution is 2.40. The van der Waals surface area contributed by atoms with Gasteiger partial charge in [-0.2, -0.15) is 13.8 Å². The van der Waals surface area contributed by atoms with Crippen LogP contribution in [-0.2, 0) is 9.53 Å². The molecule has 2 aromatic heterocycles. The second-order valence-electron chi connectivity index (χ2n) is 7.98. The van der Waals surface area contributed by atoms with Gasteiger partial charge in [0.15, 0.2) is 5.13 Å². The third-order valence-electron chi connectivity index (χ3n) is 5.45. The molecule has 1 N–H and O–H groups in total. The zero-order valence-corrected chi connectivity index (χ0v) is 18.3. The number of rotatable bonds is 6. The van der Waals surface area contributed by atoms with Gasteiger partial charge in [-0.25, -0.2) is 4.98 Å². The molecule has 1 fully saturated rings. The molecule has 10 heteroatoms. The number of hydrogen-bond donors (Lipinski definition) is 1. The largest absolute Gasteiger partial charge is 0.372 e. The van der Waals surface area contributed by atoms with Gasteiger partial charge in [0.05, 0.1) is 5.69 Å². The number of nitrogens with zero attached hydrogens (tertiary/aromatic N) is 3. The molecule has 3 rings (SSSR count). The molecule has 1 aliphatic rings. The van der Waals surface area contributed by atoms with Crippen LogP contribution in [0.1, 0.15) is 49.0 Å². The summed E-state index contributed by atoms with van der Waals surface area (Å²) in [6.07, 6.45) is 1.01. The fourth-order valence-corrected chi connectivity index (χ4v) is 4.18. The Balaban J connectivity index is 1.97. The molecule has 0 spiro atoms. The minimum atomic E-state index is -1.08. The van der Waals surface area contributed by atoms with Gasteiger partial charge >= 0.3 is 0 Å². The number of halogens is 2. The Kier molecular flexibility index (Phi) is 6.19. The molecule has 2 aromatic rings. The first-order valence-electron chi connectivity index (χ1n) is 9.51. The van der Waals surface area contributed by atoms with E-state index in [1.165, 1.54) is 14.0 Å². The zero-order chi connectivity index (χ0) is 22.2. The first kappa shape index (κ1) is 22.2. The van der Waals surface area contributed by atoms with Gasteiger partial charge in [0, 0.05) is 30.2 Å². The highest BCUT2D eigenvalue weighted by Gasteiger charge is 2.40. The summed E-state index contributed by atoms with van der Waals surface area (Å²) in [5.74, 6) is -3.08. The number of aromatic nitrogens is 2. The number of anilines is 2.